The maximum Gasteiger partial charge on any atom is 0.251 e. The molecule has 2 heterocycles. The van der Waals surface area contributed by atoms with Gasteiger partial charge in [-0.3, -0.25) is 4.79 Å². The summed E-state index contributed by atoms with van der Waals surface area (Å²) in [5, 5.41) is 2.87. The SMILES string of the molecule is Cc1cc(N2CCCC2)nc(CNC(=O)c2cccc(Oc3ccc(F)cc3)c2)n1. The molecule has 2 aromatic carbocycles. The maximum atomic E-state index is 13.0. The van der Waals surface area contributed by atoms with E-state index >= 15 is 0 Å². The van der Waals surface area contributed by atoms with E-state index in [1.165, 1.54) is 37.1 Å². The van der Waals surface area contributed by atoms with Gasteiger partial charge in [0.1, 0.15) is 29.0 Å². The third kappa shape index (κ3) is 4.92. The Morgan fingerprint density at radius 3 is 2.60 bits per heavy atom. The van der Waals surface area contributed by atoms with Crippen LogP contribution >= 0.6 is 0 Å². The lowest BCUT2D eigenvalue weighted by molar-refractivity contribution is 0.0949. The summed E-state index contributed by atoms with van der Waals surface area (Å²) in [6, 6.07) is 14.5. The van der Waals surface area contributed by atoms with E-state index in [0.29, 0.717) is 22.9 Å². The standard InChI is InChI=1S/C23H23FN4O2/c1-16-13-22(28-11-2-3-12-28)27-21(26-16)15-25-23(29)17-5-4-6-20(14-17)30-19-9-7-18(24)8-10-19/h4-10,13-14H,2-3,11-12,15H2,1H3,(H,25,29). The third-order valence-electron chi connectivity index (χ3n) is 4.87. The number of nitrogens with one attached hydrogen (secondary N) is 1. The largest absolute Gasteiger partial charge is 0.457 e. The molecule has 0 bridgehead atoms. The molecule has 0 atom stereocenters. The summed E-state index contributed by atoms with van der Waals surface area (Å²) in [6.45, 7) is 4.18. The number of aryl methyl sites for hydroxylation is 1. The van der Waals surface area contributed by atoms with E-state index in [4.69, 9.17) is 4.74 Å². The summed E-state index contributed by atoms with van der Waals surface area (Å²) in [5.41, 5.74) is 1.34. The fourth-order valence-corrected chi connectivity index (χ4v) is 3.40. The first-order valence-corrected chi connectivity index (χ1v) is 9.98. The average Bonchev–Trinajstić information content (AvgIpc) is 3.29. The van der Waals surface area contributed by atoms with Crippen LogP contribution < -0.4 is 15.0 Å². The molecule has 1 amide bonds. The van der Waals surface area contributed by atoms with Crippen molar-refractivity contribution in [3.63, 3.8) is 0 Å². The van der Waals surface area contributed by atoms with Crippen LogP contribution in [0.2, 0.25) is 0 Å². The van der Waals surface area contributed by atoms with Crippen LogP contribution in [0.25, 0.3) is 0 Å². The molecule has 0 spiro atoms. The lowest BCUT2D eigenvalue weighted by Crippen LogP contribution is -2.25. The van der Waals surface area contributed by atoms with Crippen molar-refractivity contribution in [3.05, 3.63) is 77.5 Å². The van der Waals surface area contributed by atoms with Crippen molar-refractivity contribution in [2.45, 2.75) is 26.3 Å². The molecule has 30 heavy (non-hydrogen) atoms. The number of benzene rings is 2. The van der Waals surface area contributed by atoms with E-state index in [1.54, 1.807) is 24.3 Å². The summed E-state index contributed by atoms with van der Waals surface area (Å²) in [4.78, 5) is 23.9. The van der Waals surface area contributed by atoms with Gasteiger partial charge in [-0.25, -0.2) is 14.4 Å². The van der Waals surface area contributed by atoms with Gasteiger partial charge in [-0.15, -0.1) is 0 Å². The Hall–Kier alpha value is -3.48. The first-order valence-electron chi connectivity index (χ1n) is 9.98. The van der Waals surface area contributed by atoms with Crippen LogP contribution in [0.3, 0.4) is 0 Å². The highest BCUT2D eigenvalue weighted by Gasteiger charge is 2.15. The highest BCUT2D eigenvalue weighted by atomic mass is 19.1. The molecule has 0 radical (unpaired) electrons. The summed E-state index contributed by atoms with van der Waals surface area (Å²) in [7, 11) is 0. The predicted octanol–water partition coefficient (Wildman–Crippen LogP) is 4.25. The molecule has 0 aliphatic carbocycles. The molecule has 154 valence electrons. The molecule has 4 rings (SSSR count). The first kappa shape index (κ1) is 19.8. The second kappa shape index (κ2) is 8.90. The number of amides is 1. The fraction of sp³-hybridized carbons (Fsp3) is 0.261. The van der Waals surface area contributed by atoms with Gasteiger partial charge in [0.05, 0.1) is 6.54 Å². The Balaban J connectivity index is 1.41. The normalized spacial score (nSPS) is 13.3. The van der Waals surface area contributed by atoms with Gasteiger partial charge in [0.25, 0.3) is 5.91 Å². The lowest BCUT2D eigenvalue weighted by atomic mass is 10.2. The molecule has 0 saturated carbocycles. The molecule has 7 heteroatoms. The van der Waals surface area contributed by atoms with Gasteiger partial charge in [0, 0.05) is 30.4 Å². The highest BCUT2D eigenvalue weighted by Crippen LogP contribution is 2.23. The third-order valence-corrected chi connectivity index (χ3v) is 4.87. The van der Waals surface area contributed by atoms with Crippen molar-refractivity contribution in [2.75, 3.05) is 18.0 Å². The van der Waals surface area contributed by atoms with Gasteiger partial charge in [-0.2, -0.15) is 0 Å². The Morgan fingerprint density at radius 1 is 1.07 bits per heavy atom. The van der Waals surface area contributed by atoms with Crippen molar-refractivity contribution in [1.82, 2.24) is 15.3 Å². The van der Waals surface area contributed by atoms with Crippen LogP contribution in [0, 0.1) is 12.7 Å². The molecule has 1 fully saturated rings. The zero-order chi connectivity index (χ0) is 20.9. The Kier molecular flexibility index (Phi) is 5.88. The van der Waals surface area contributed by atoms with Crippen molar-refractivity contribution in [3.8, 4) is 11.5 Å². The van der Waals surface area contributed by atoms with Gasteiger partial charge in [0.15, 0.2) is 0 Å². The molecule has 6 nitrogen and oxygen atoms in total. The number of halogens is 1. The number of ether oxygens (including phenoxy) is 1. The number of anilines is 1. The summed E-state index contributed by atoms with van der Waals surface area (Å²) < 4.78 is 18.7. The molecule has 1 aliphatic heterocycles. The number of nitrogens with zero attached hydrogens (tertiary/aromatic N) is 3. The van der Waals surface area contributed by atoms with Crippen LogP contribution in [0.15, 0.2) is 54.6 Å². The van der Waals surface area contributed by atoms with E-state index in [2.05, 4.69) is 20.2 Å². The molecule has 1 aromatic heterocycles. The quantitative estimate of drug-likeness (QED) is 0.663. The zero-order valence-electron chi connectivity index (χ0n) is 16.8. The van der Waals surface area contributed by atoms with Crippen LogP contribution in [0.5, 0.6) is 11.5 Å². The van der Waals surface area contributed by atoms with Crippen LogP contribution in [-0.4, -0.2) is 29.0 Å². The Bertz CT molecular complexity index is 1030. The van der Waals surface area contributed by atoms with Gasteiger partial charge >= 0.3 is 0 Å². The van der Waals surface area contributed by atoms with Crippen molar-refractivity contribution in [1.29, 1.82) is 0 Å². The molecule has 1 saturated heterocycles. The van der Waals surface area contributed by atoms with Crippen LogP contribution in [0.4, 0.5) is 10.2 Å². The van der Waals surface area contributed by atoms with Crippen molar-refractivity contribution >= 4 is 11.7 Å². The maximum absolute atomic E-state index is 13.0. The number of aromatic nitrogens is 2. The molecular formula is C23H23FN4O2. The van der Waals surface area contributed by atoms with Crippen molar-refractivity contribution < 1.29 is 13.9 Å². The number of carbonyl (C=O) groups is 1. The zero-order valence-corrected chi connectivity index (χ0v) is 16.8. The molecule has 3 aromatic rings. The summed E-state index contributed by atoms with van der Waals surface area (Å²) in [5.74, 6) is 1.92. The number of hydrogen-bond donors (Lipinski definition) is 1. The predicted molar refractivity (Wildman–Crippen MR) is 112 cm³/mol. The van der Waals surface area contributed by atoms with E-state index in [0.717, 1.165) is 24.6 Å². The van der Waals surface area contributed by atoms with Gasteiger partial charge in [-0.1, -0.05) is 6.07 Å². The average molecular weight is 406 g/mol. The summed E-state index contributed by atoms with van der Waals surface area (Å²) >= 11 is 0. The second-order valence-corrected chi connectivity index (χ2v) is 7.24. The number of carbonyl (C=O) groups excluding carboxylic acids is 1. The molecular weight excluding hydrogens is 383 g/mol. The molecule has 1 N–H and O–H groups in total. The van der Waals surface area contributed by atoms with Crippen LogP contribution in [-0.2, 0) is 6.54 Å². The second-order valence-electron chi connectivity index (χ2n) is 7.24. The highest BCUT2D eigenvalue weighted by molar-refractivity contribution is 5.94. The lowest BCUT2D eigenvalue weighted by Gasteiger charge is -2.17. The molecule has 0 unspecified atom stereocenters. The van der Waals surface area contributed by atoms with Gasteiger partial charge in [0.2, 0.25) is 0 Å². The first-order chi connectivity index (χ1) is 14.6. The minimum absolute atomic E-state index is 0.240. The number of rotatable bonds is 6. The van der Waals surface area contributed by atoms with E-state index in [1.807, 2.05) is 13.0 Å². The topological polar surface area (TPSA) is 67.4 Å². The Labute approximate surface area is 174 Å². The van der Waals surface area contributed by atoms with Crippen LogP contribution in [0.1, 0.15) is 34.7 Å². The summed E-state index contributed by atoms with van der Waals surface area (Å²) in [6.07, 6.45) is 2.34. The Morgan fingerprint density at radius 2 is 1.83 bits per heavy atom. The monoisotopic (exact) mass is 406 g/mol. The van der Waals surface area contributed by atoms with E-state index in [-0.39, 0.29) is 18.3 Å². The van der Waals surface area contributed by atoms with Gasteiger partial charge < -0.3 is 15.0 Å². The smallest absolute Gasteiger partial charge is 0.251 e. The van der Waals surface area contributed by atoms with E-state index < -0.39 is 0 Å². The number of hydrogen-bond acceptors (Lipinski definition) is 5. The fourth-order valence-electron chi connectivity index (χ4n) is 3.40. The van der Waals surface area contributed by atoms with Gasteiger partial charge in [-0.05, 0) is 62.2 Å². The van der Waals surface area contributed by atoms with E-state index in [9.17, 15) is 9.18 Å². The van der Waals surface area contributed by atoms with Crippen molar-refractivity contribution in [2.24, 2.45) is 0 Å². The minimum atomic E-state index is -0.332. The molecule has 1 aliphatic rings. The minimum Gasteiger partial charge on any atom is -0.457 e.